The molecule has 6 heteroatoms. The Morgan fingerprint density at radius 1 is 1.29 bits per heavy atom. The van der Waals surface area contributed by atoms with Gasteiger partial charge in [-0.05, 0) is 12.1 Å². The lowest BCUT2D eigenvalue weighted by Gasteiger charge is -2.24. The summed E-state index contributed by atoms with van der Waals surface area (Å²) in [6.45, 7) is 3.55. The van der Waals surface area contributed by atoms with Gasteiger partial charge in [0.2, 0.25) is 0 Å². The summed E-state index contributed by atoms with van der Waals surface area (Å²) >= 11 is 3.30. The second-order valence-electron chi connectivity index (χ2n) is 3.72. The Bertz CT molecular complexity index is 463. The van der Waals surface area contributed by atoms with E-state index in [1.165, 1.54) is 4.70 Å². The Kier molecular flexibility index (Phi) is 3.46. The highest BCUT2D eigenvalue weighted by Gasteiger charge is 2.11. The highest BCUT2D eigenvalue weighted by atomic mass is 32.2. The molecular weight excluding hydrogens is 254 g/mol. The Labute approximate surface area is 108 Å². The van der Waals surface area contributed by atoms with Crippen molar-refractivity contribution in [1.82, 2.24) is 9.29 Å². The number of ether oxygens (including phenoxy) is 1. The van der Waals surface area contributed by atoms with Gasteiger partial charge in [-0.1, -0.05) is 23.5 Å². The predicted molar refractivity (Wildman–Crippen MR) is 73.2 cm³/mol. The SMILES string of the molecule is c1ccc2sc(NSN3CCOCC3)nc2c1. The molecule has 1 saturated heterocycles. The number of rotatable bonds is 3. The van der Waals surface area contributed by atoms with Crippen LogP contribution in [0.5, 0.6) is 0 Å². The second kappa shape index (κ2) is 5.22. The summed E-state index contributed by atoms with van der Waals surface area (Å²) in [5.41, 5.74) is 1.06. The van der Waals surface area contributed by atoms with Crippen LogP contribution in [0.3, 0.4) is 0 Å². The van der Waals surface area contributed by atoms with E-state index in [0.29, 0.717) is 0 Å². The van der Waals surface area contributed by atoms with Crippen LogP contribution < -0.4 is 4.72 Å². The Hall–Kier alpha value is -0.820. The summed E-state index contributed by atoms with van der Waals surface area (Å²) in [5.74, 6) is 0. The molecule has 1 aromatic carbocycles. The highest BCUT2D eigenvalue weighted by Crippen LogP contribution is 2.27. The molecule has 0 radical (unpaired) electrons. The van der Waals surface area contributed by atoms with Crippen LogP contribution in [0.2, 0.25) is 0 Å². The zero-order chi connectivity index (χ0) is 11.5. The maximum Gasteiger partial charge on any atom is 0.194 e. The van der Waals surface area contributed by atoms with Crippen LogP contribution in [0, 0.1) is 0 Å². The Balaban J connectivity index is 1.64. The van der Waals surface area contributed by atoms with Crippen molar-refractivity contribution in [1.29, 1.82) is 0 Å². The van der Waals surface area contributed by atoms with Crippen molar-refractivity contribution in [3.8, 4) is 0 Å². The maximum absolute atomic E-state index is 5.30. The summed E-state index contributed by atoms with van der Waals surface area (Å²) in [6, 6.07) is 8.19. The smallest absolute Gasteiger partial charge is 0.194 e. The van der Waals surface area contributed by atoms with E-state index >= 15 is 0 Å². The van der Waals surface area contributed by atoms with E-state index < -0.39 is 0 Å². The molecule has 0 amide bonds. The first-order chi connectivity index (χ1) is 8.42. The lowest BCUT2D eigenvalue weighted by molar-refractivity contribution is 0.0775. The van der Waals surface area contributed by atoms with Gasteiger partial charge in [-0.2, -0.15) is 0 Å². The number of morpholine rings is 1. The van der Waals surface area contributed by atoms with E-state index in [4.69, 9.17) is 4.74 Å². The normalized spacial score (nSPS) is 17.4. The first-order valence-corrected chi connectivity index (χ1v) is 7.12. The van der Waals surface area contributed by atoms with Crippen molar-refractivity contribution in [3.05, 3.63) is 24.3 Å². The molecule has 1 aliphatic rings. The summed E-state index contributed by atoms with van der Waals surface area (Å²) < 4.78 is 12.1. The number of anilines is 1. The fourth-order valence-corrected chi connectivity index (χ4v) is 3.24. The standard InChI is InChI=1S/C11H13N3OS2/c1-2-4-10-9(3-1)12-11(16-10)13-17-14-5-7-15-8-6-14/h1-4H,5-8H2,(H,12,13). The van der Waals surface area contributed by atoms with E-state index in [9.17, 15) is 0 Å². The summed E-state index contributed by atoms with van der Waals surface area (Å²) in [5, 5.41) is 0.961. The fraction of sp³-hybridized carbons (Fsp3) is 0.364. The molecule has 2 aromatic rings. The van der Waals surface area contributed by atoms with Crippen molar-refractivity contribution in [2.75, 3.05) is 31.0 Å². The van der Waals surface area contributed by atoms with E-state index in [-0.39, 0.29) is 0 Å². The minimum Gasteiger partial charge on any atom is -0.379 e. The van der Waals surface area contributed by atoms with Gasteiger partial charge in [-0.15, -0.1) is 0 Å². The molecule has 1 aromatic heterocycles. The van der Waals surface area contributed by atoms with E-state index in [1.807, 2.05) is 18.2 Å². The van der Waals surface area contributed by atoms with Gasteiger partial charge >= 0.3 is 0 Å². The number of fused-ring (bicyclic) bond motifs is 1. The van der Waals surface area contributed by atoms with Crippen LogP contribution >= 0.6 is 23.5 Å². The maximum atomic E-state index is 5.30. The molecule has 2 heterocycles. The number of aromatic nitrogens is 1. The van der Waals surface area contributed by atoms with Crippen LogP contribution in [0.1, 0.15) is 0 Å². The number of thiazole rings is 1. The fourth-order valence-electron chi connectivity index (χ4n) is 1.66. The predicted octanol–water partition coefficient (Wildman–Crippen LogP) is 2.60. The lowest BCUT2D eigenvalue weighted by Crippen LogP contribution is -2.31. The van der Waals surface area contributed by atoms with Gasteiger partial charge in [0.1, 0.15) is 0 Å². The molecule has 0 unspecified atom stereocenters. The first kappa shape index (κ1) is 11.3. The average molecular weight is 267 g/mol. The molecule has 0 aliphatic carbocycles. The van der Waals surface area contributed by atoms with Crippen LogP contribution in [0.4, 0.5) is 5.13 Å². The summed E-state index contributed by atoms with van der Waals surface area (Å²) in [6.07, 6.45) is 0. The third-order valence-corrected chi connectivity index (χ3v) is 4.52. The minimum absolute atomic E-state index is 0.814. The van der Waals surface area contributed by atoms with E-state index in [2.05, 4.69) is 20.1 Å². The third-order valence-electron chi connectivity index (χ3n) is 2.53. The molecule has 0 bridgehead atoms. The topological polar surface area (TPSA) is 37.4 Å². The number of hydrogen-bond donors (Lipinski definition) is 1. The quantitative estimate of drug-likeness (QED) is 0.865. The van der Waals surface area contributed by atoms with Crippen molar-refractivity contribution < 1.29 is 4.74 Å². The van der Waals surface area contributed by atoms with Gasteiger partial charge < -0.3 is 4.74 Å². The summed E-state index contributed by atoms with van der Waals surface area (Å²) in [4.78, 5) is 4.53. The molecule has 0 atom stereocenters. The minimum atomic E-state index is 0.814. The highest BCUT2D eigenvalue weighted by molar-refractivity contribution is 7.98. The van der Waals surface area contributed by atoms with Crippen molar-refractivity contribution >= 4 is 38.8 Å². The number of nitrogens with one attached hydrogen (secondary N) is 1. The van der Waals surface area contributed by atoms with Crippen LogP contribution in [-0.4, -0.2) is 35.6 Å². The van der Waals surface area contributed by atoms with Gasteiger partial charge in [0.25, 0.3) is 0 Å². The number of hydrogen-bond acceptors (Lipinski definition) is 6. The average Bonchev–Trinajstić information content (AvgIpc) is 2.80. The zero-order valence-corrected chi connectivity index (χ0v) is 10.9. The molecule has 0 spiro atoms. The molecule has 3 rings (SSSR count). The van der Waals surface area contributed by atoms with Gasteiger partial charge in [-0.3, -0.25) is 4.72 Å². The molecule has 1 N–H and O–H groups in total. The van der Waals surface area contributed by atoms with Crippen molar-refractivity contribution in [2.24, 2.45) is 0 Å². The van der Waals surface area contributed by atoms with Gasteiger partial charge in [0.15, 0.2) is 5.13 Å². The number of nitrogens with zero attached hydrogens (tertiary/aromatic N) is 2. The first-order valence-electron chi connectivity index (χ1n) is 5.53. The van der Waals surface area contributed by atoms with Gasteiger partial charge in [0.05, 0.1) is 23.4 Å². The number of benzene rings is 1. The molecule has 90 valence electrons. The van der Waals surface area contributed by atoms with Crippen LogP contribution in [0.25, 0.3) is 10.2 Å². The van der Waals surface area contributed by atoms with Crippen LogP contribution in [0.15, 0.2) is 24.3 Å². The van der Waals surface area contributed by atoms with E-state index in [1.54, 1.807) is 23.5 Å². The Morgan fingerprint density at radius 2 is 2.12 bits per heavy atom. The largest absolute Gasteiger partial charge is 0.379 e. The molecule has 1 aliphatic heterocycles. The summed E-state index contributed by atoms with van der Waals surface area (Å²) in [7, 11) is 0. The molecule has 4 nitrogen and oxygen atoms in total. The van der Waals surface area contributed by atoms with E-state index in [0.717, 1.165) is 37.0 Å². The molecule has 0 saturated carbocycles. The van der Waals surface area contributed by atoms with Crippen LogP contribution in [-0.2, 0) is 4.74 Å². The zero-order valence-electron chi connectivity index (χ0n) is 9.26. The lowest BCUT2D eigenvalue weighted by atomic mass is 10.3. The second-order valence-corrected chi connectivity index (χ2v) is 5.66. The Morgan fingerprint density at radius 3 is 2.94 bits per heavy atom. The van der Waals surface area contributed by atoms with Crippen molar-refractivity contribution in [3.63, 3.8) is 0 Å². The molecule has 17 heavy (non-hydrogen) atoms. The molecule has 1 fully saturated rings. The monoisotopic (exact) mass is 267 g/mol. The van der Waals surface area contributed by atoms with Crippen molar-refractivity contribution in [2.45, 2.75) is 0 Å². The molecular formula is C11H13N3OS2. The third kappa shape index (κ3) is 2.71. The number of para-hydroxylation sites is 1. The van der Waals surface area contributed by atoms with Gasteiger partial charge in [-0.25, -0.2) is 9.29 Å². The van der Waals surface area contributed by atoms with Gasteiger partial charge in [0, 0.05) is 25.2 Å².